The van der Waals surface area contributed by atoms with Crippen molar-refractivity contribution in [2.75, 3.05) is 13.2 Å². The minimum atomic E-state index is -0.769. The molecule has 0 radical (unpaired) electrons. The molecular weight excluding hydrogens is 230 g/mol. The number of esters is 1. The van der Waals surface area contributed by atoms with Gasteiger partial charge >= 0.3 is 5.97 Å². The molecule has 4 nitrogen and oxygen atoms in total. The fourth-order valence-electron chi connectivity index (χ4n) is 2.58. The molecule has 0 spiro atoms. The minimum Gasteiger partial charge on any atom is -0.465 e. The van der Waals surface area contributed by atoms with E-state index < -0.39 is 5.60 Å². The van der Waals surface area contributed by atoms with Crippen LogP contribution in [0.4, 0.5) is 0 Å². The Morgan fingerprint density at radius 2 is 2.22 bits per heavy atom. The highest BCUT2D eigenvalue weighted by Gasteiger charge is 2.40. The number of unbranched alkanes of at least 4 members (excludes halogenated alkanes) is 1. The molecule has 4 heteroatoms. The van der Waals surface area contributed by atoms with Gasteiger partial charge in [0, 0.05) is 6.04 Å². The Morgan fingerprint density at radius 1 is 1.56 bits per heavy atom. The number of hydrogen-bond acceptors (Lipinski definition) is 4. The molecule has 1 saturated heterocycles. The first-order chi connectivity index (χ1) is 8.38. The van der Waals surface area contributed by atoms with E-state index in [-0.39, 0.29) is 18.1 Å². The Kier molecular flexibility index (Phi) is 5.60. The van der Waals surface area contributed by atoms with E-state index in [2.05, 4.69) is 11.8 Å². The van der Waals surface area contributed by atoms with Crippen molar-refractivity contribution in [1.29, 1.82) is 0 Å². The number of likely N-dealkylation sites (tertiary alicyclic amines) is 1. The van der Waals surface area contributed by atoms with Crippen molar-refractivity contribution in [3.05, 3.63) is 0 Å². The standard InChI is InChI=1S/C14H27NO3/c1-5-6-10-18-13(16)11(2)15-9-7-8-12(15)14(3,4)17/h11-12,17H,5-10H2,1-4H3. The molecule has 0 aromatic carbocycles. The van der Waals surface area contributed by atoms with E-state index in [1.54, 1.807) is 0 Å². The Hall–Kier alpha value is -0.610. The highest BCUT2D eigenvalue weighted by atomic mass is 16.5. The third-order valence-electron chi connectivity index (χ3n) is 3.69. The minimum absolute atomic E-state index is 0.0474. The van der Waals surface area contributed by atoms with Crippen LogP contribution in [0.5, 0.6) is 0 Å². The van der Waals surface area contributed by atoms with Gasteiger partial charge in [-0.25, -0.2) is 0 Å². The number of carbonyl (C=O) groups excluding carboxylic acids is 1. The first-order valence-corrected chi connectivity index (χ1v) is 7.02. The Morgan fingerprint density at radius 3 is 2.78 bits per heavy atom. The van der Waals surface area contributed by atoms with Gasteiger partial charge < -0.3 is 9.84 Å². The van der Waals surface area contributed by atoms with Gasteiger partial charge in [0.05, 0.1) is 12.2 Å². The van der Waals surface area contributed by atoms with Crippen LogP contribution in [0.1, 0.15) is 53.4 Å². The molecule has 106 valence electrons. The van der Waals surface area contributed by atoms with Crippen molar-refractivity contribution in [2.24, 2.45) is 0 Å². The Bertz CT molecular complexity index is 273. The number of aliphatic hydroxyl groups is 1. The van der Waals surface area contributed by atoms with Gasteiger partial charge in [-0.15, -0.1) is 0 Å². The van der Waals surface area contributed by atoms with E-state index in [1.165, 1.54) is 0 Å². The van der Waals surface area contributed by atoms with Gasteiger partial charge in [-0.3, -0.25) is 9.69 Å². The summed E-state index contributed by atoms with van der Waals surface area (Å²) >= 11 is 0. The summed E-state index contributed by atoms with van der Waals surface area (Å²) in [6.45, 7) is 8.93. The Balaban J connectivity index is 2.54. The van der Waals surface area contributed by atoms with Crippen molar-refractivity contribution >= 4 is 5.97 Å². The molecule has 0 aliphatic carbocycles. The molecule has 0 amide bonds. The predicted molar refractivity (Wildman–Crippen MR) is 71.4 cm³/mol. The number of rotatable bonds is 6. The average molecular weight is 257 g/mol. The maximum Gasteiger partial charge on any atom is 0.323 e. The third-order valence-corrected chi connectivity index (χ3v) is 3.69. The molecule has 2 unspecified atom stereocenters. The molecule has 1 N–H and O–H groups in total. The van der Waals surface area contributed by atoms with Crippen LogP contribution >= 0.6 is 0 Å². The van der Waals surface area contributed by atoms with Gasteiger partial charge in [0.2, 0.25) is 0 Å². The maximum atomic E-state index is 11.9. The van der Waals surface area contributed by atoms with Gasteiger partial charge in [-0.05, 0) is 46.6 Å². The molecular formula is C14H27NO3. The van der Waals surface area contributed by atoms with Gasteiger partial charge in [0.15, 0.2) is 0 Å². The normalized spacial score (nSPS) is 23.1. The summed E-state index contributed by atoms with van der Waals surface area (Å²) in [5, 5.41) is 10.1. The van der Waals surface area contributed by atoms with E-state index in [1.807, 2.05) is 20.8 Å². The van der Waals surface area contributed by atoms with Crippen LogP contribution in [0, 0.1) is 0 Å². The topological polar surface area (TPSA) is 49.8 Å². The molecule has 0 saturated carbocycles. The van der Waals surface area contributed by atoms with Crippen molar-refractivity contribution in [3.8, 4) is 0 Å². The number of nitrogens with zero attached hydrogens (tertiary/aromatic N) is 1. The van der Waals surface area contributed by atoms with Crippen molar-refractivity contribution in [1.82, 2.24) is 4.90 Å². The van der Waals surface area contributed by atoms with Crippen molar-refractivity contribution < 1.29 is 14.6 Å². The van der Waals surface area contributed by atoms with E-state index in [0.717, 1.165) is 32.2 Å². The molecule has 1 fully saturated rings. The summed E-state index contributed by atoms with van der Waals surface area (Å²) in [7, 11) is 0. The molecule has 1 aliphatic rings. The lowest BCUT2D eigenvalue weighted by atomic mass is 9.96. The fourth-order valence-corrected chi connectivity index (χ4v) is 2.58. The van der Waals surface area contributed by atoms with Crippen molar-refractivity contribution in [2.45, 2.75) is 71.1 Å². The molecule has 0 bridgehead atoms. The van der Waals surface area contributed by atoms with Crippen LogP contribution < -0.4 is 0 Å². The Labute approximate surface area is 110 Å². The molecule has 1 rings (SSSR count). The van der Waals surface area contributed by atoms with E-state index >= 15 is 0 Å². The fraction of sp³-hybridized carbons (Fsp3) is 0.929. The summed E-state index contributed by atoms with van der Waals surface area (Å²) in [6, 6.07) is -0.216. The van der Waals surface area contributed by atoms with Gasteiger partial charge in [-0.1, -0.05) is 13.3 Å². The second kappa shape index (κ2) is 6.53. The summed E-state index contributed by atoms with van der Waals surface area (Å²) in [5.74, 6) is -0.167. The van der Waals surface area contributed by atoms with Gasteiger partial charge in [0.25, 0.3) is 0 Å². The molecule has 2 atom stereocenters. The zero-order chi connectivity index (χ0) is 13.8. The van der Waals surface area contributed by atoms with E-state index in [9.17, 15) is 9.90 Å². The van der Waals surface area contributed by atoms with Crippen LogP contribution in [0.3, 0.4) is 0 Å². The lowest BCUT2D eigenvalue weighted by molar-refractivity contribution is -0.151. The third kappa shape index (κ3) is 3.95. The van der Waals surface area contributed by atoms with E-state index in [0.29, 0.717) is 6.61 Å². The number of carbonyl (C=O) groups is 1. The largest absolute Gasteiger partial charge is 0.465 e. The first kappa shape index (κ1) is 15.4. The monoisotopic (exact) mass is 257 g/mol. The lowest BCUT2D eigenvalue weighted by Gasteiger charge is -2.36. The van der Waals surface area contributed by atoms with Crippen LogP contribution in [0.15, 0.2) is 0 Å². The van der Waals surface area contributed by atoms with Crippen LogP contribution in [0.25, 0.3) is 0 Å². The molecule has 1 aliphatic heterocycles. The van der Waals surface area contributed by atoms with Crippen LogP contribution in [-0.2, 0) is 9.53 Å². The highest BCUT2D eigenvalue weighted by molar-refractivity contribution is 5.75. The second-order valence-corrected chi connectivity index (χ2v) is 5.75. The number of ether oxygens (including phenoxy) is 1. The SMILES string of the molecule is CCCCOC(=O)C(C)N1CCCC1C(C)(C)O. The maximum absolute atomic E-state index is 11.9. The summed E-state index contributed by atoms with van der Waals surface area (Å²) in [4.78, 5) is 14.0. The quantitative estimate of drug-likeness (QED) is 0.584. The highest BCUT2D eigenvalue weighted by Crippen LogP contribution is 2.28. The molecule has 0 aromatic rings. The molecule has 0 aromatic heterocycles. The summed E-state index contributed by atoms with van der Waals surface area (Å²) in [5.41, 5.74) is -0.769. The first-order valence-electron chi connectivity index (χ1n) is 7.02. The zero-order valence-electron chi connectivity index (χ0n) is 12.1. The van der Waals surface area contributed by atoms with E-state index in [4.69, 9.17) is 4.74 Å². The molecule has 1 heterocycles. The summed E-state index contributed by atoms with van der Waals surface area (Å²) < 4.78 is 5.26. The smallest absolute Gasteiger partial charge is 0.323 e. The lowest BCUT2D eigenvalue weighted by Crippen LogP contribution is -2.51. The van der Waals surface area contributed by atoms with Crippen LogP contribution in [-0.4, -0.2) is 46.8 Å². The number of hydrogen-bond donors (Lipinski definition) is 1. The predicted octanol–water partition coefficient (Wildman–Crippen LogP) is 1.95. The second-order valence-electron chi connectivity index (χ2n) is 5.75. The van der Waals surface area contributed by atoms with Crippen molar-refractivity contribution in [3.63, 3.8) is 0 Å². The van der Waals surface area contributed by atoms with Gasteiger partial charge in [-0.2, -0.15) is 0 Å². The molecule has 18 heavy (non-hydrogen) atoms. The van der Waals surface area contributed by atoms with Gasteiger partial charge in [0.1, 0.15) is 6.04 Å². The summed E-state index contributed by atoms with van der Waals surface area (Å²) in [6.07, 6.45) is 3.91. The zero-order valence-corrected chi connectivity index (χ0v) is 12.1. The van der Waals surface area contributed by atoms with Crippen LogP contribution in [0.2, 0.25) is 0 Å². The average Bonchev–Trinajstić information content (AvgIpc) is 2.76.